The largest absolute Gasteiger partial charge is 0.465 e. The van der Waals surface area contributed by atoms with Gasteiger partial charge in [-0.3, -0.25) is 0 Å². The van der Waals surface area contributed by atoms with Crippen molar-refractivity contribution in [2.24, 2.45) is 11.3 Å². The number of nitrogens with zero attached hydrogens (tertiary/aromatic N) is 1. The first-order valence-electron chi connectivity index (χ1n) is 6.54. The molecule has 3 nitrogen and oxygen atoms in total. The topological polar surface area (TPSA) is 40.5 Å². The standard InChI is InChI=1S/C15H20ClNO2/c1-15(2,3)11-8-13(17(9-11)14(18)19)10-4-6-12(16)7-5-10/h4-7,11,13H,8-9H2,1-3H3,(H,18,19). The Kier molecular flexibility index (Phi) is 3.77. The summed E-state index contributed by atoms with van der Waals surface area (Å²) in [5.41, 5.74) is 1.15. The van der Waals surface area contributed by atoms with E-state index in [2.05, 4.69) is 20.8 Å². The van der Waals surface area contributed by atoms with Gasteiger partial charge in [0.05, 0.1) is 6.04 Å². The van der Waals surface area contributed by atoms with E-state index < -0.39 is 6.09 Å². The molecule has 0 radical (unpaired) electrons. The maximum Gasteiger partial charge on any atom is 0.407 e. The normalized spacial score (nSPS) is 23.7. The van der Waals surface area contributed by atoms with E-state index in [0.29, 0.717) is 17.5 Å². The second kappa shape index (κ2) is 5.04. The van der Waals surface area contributed by atoms with Crippen molar-refractivity contribution in [1.29, 1.82) is 0 Å². The Bertz CT molecular complexity index is 464. The molecule has 4 heteroatoms. The number of halogens is 1. The summed E-state index contributed by atoms with van der Waals surface area (Å²) in [4.78, 5) is 13.0. The lowest BCUT2D eigenvalue weighted by Gasteiger charge is -2.26. The lowest BCUT2D eigenvalue weighted by molar-refractivity contribution is 0.136. The van der Waals surface area contributed by atoms with Gasteiger partial charge in [-0.05, 0) is 35.4 Å². The summed E-state index contributed by atoms with van der Waals surface area (Å²) in [6.45, 7) is 7.11. The van der Waals surface area contributed by atoms with E-state index in [9.17, 15) is 9.90 Å². The third-order valence-corrected chi connectivity index (χ3v) is 4.28. The van der Waals surface area contributed by atoms with Crippen molar-refractivity contribution in [1.82, 2.24) is 4.90 Å². The smallest absolute Gasteiger partial charge is 0.407 e. The molecule has 1 aliphatic heterocycles. The van der Waals surface area contributed by atoms with E-state index in [-0.39, 0.29) is 11.5 Å². The summed E-state index contributed by atoms with van der Waals surface area (Å²) in [5, 5.41) is 10.1. The van der Waals surface area contributed by atoms with Gasteiger partial charge in [0.2, 0.25) is 0 Å². The molecule has 0 aliphatic carbocycles. The van der Waals surface area contributed by atoms with Gasteiger partial charge in [-0.2, -0.15) is 0 Å². The minimum absolute atomic E-state index is 0.0565. The summed E-state index contributed by atoms with van der Waals surface area (Å²) in [6.07, 6.45) is 0.0314. The molecular weight excluding hydrogens is 262 g/mol. The molecule has 1 heterocycles. The first-order valence-corrected chi connectivity index (χ1v) is 6.92. The molecule has 1 aromatic carbocycles. The van der Waals surface area contributed by atoms with E-state index >= 15 is 0 Å². The number of hydrogen-bond acceptors (Lipinski definition) is 1. The molecule has 2 atom stereocenters. The van der Waals surface area contributed by atoms with Crippen molar-refractivity contribution in [3.05, 3.63) is 34.9 Å². The Morgan fingerprint density at radius 1 is 1.32 bits per heavy atom. The second-order valence-electron chi connectivity index (χ2n) is 6.30. The predicted molar refractivity (Wildman–Crippen MR) is 76.5 cm³/mol. The highest BCUT2D eigenvalue weighted by Gasteiger charge is 2.40. The average molecular weight is 282 g/mol. The van der Waals surface area contributed by atoms with Crippen molar-refractivity contribution < 1.29 is 9.90 Å². The summed E-state index contributed by atoms with van der Waals surface area (Å²) < 4.78 is 0. The molecule has 1 aromatic rings. The van der Waals surface area contributed by atoms with Gasteiger partial charge in [0.25, 0.3) is 0 Å². The van der Waals surface area contributed by atoms with Crippen LogP contribution >= 0.6 is 11.6 Å². The summed E-state index contributed by atoms with van der Waals surface area (Å²) in [5.74, 6) is 0.379. The molecule has 1 saturated heterocycles. The number of carbonyl (C=O) groups is 1. The van der Waals surface area contributed by atoms with Crippen molar-refractivity contribution in [3.63, 3.8) is 0 Å². The van der Waals surface area contributed by atoms with E-state index in [1.807, 2.05) is 24.3 Å². The maximum atomic E-state index is 11.4. The van der Waals surface area contributed by atoms with Crippen molar-refractivity contribution in [2.45, 2.75) is 33.2 Å². The molecule has 0 bridgehead atoms. The molecule has 0 saturated carbocycles. The van der Waals surface area contributed by atoms with Gasteiger partial charge in [-0.1, -0.05) is 44.5 Å². The van der Waals surface area contributed by atoms with Crippen molar-refractivity contribution in [2.75, 3.05) is 6.54 Å². The first kappa shape index (κ1) is 14.2. The monoisotopic (exact) mass is 281 g/mol. The molecule has 1 N–H and O–H groups in total. The summed E-state index contributed by atoms with van der Waals surface area (Å²) >= 11 is 5.89. The molecular formula is C15H20ClNO2. The van der Waals surface area contributed by atoms with E-state index in [0.717, 1.165) is 12.0 Å². The second-order valence-corrected chi connectivity index (χ2v) is 6.74. The van der Waals surface area contributed by atoms with Gasteiger partial charge < -0.3 is 10.0 Å². The number of carboxylic acid groups (broad SMARTS) is 1. The van der Waals surface area contributed by atoms with Crippen LogP contribution in [0.2, 0.25) is 5.02 Å². The van der Waals surface area contributed by atoms with Crippen LogP contribution in [-0.4, -0.2) is 22.6 Å². The van der Waals surface area contributed by atoms with Gasteiger partial charge in [-0.25, -0.2) is 4.79 Å². The first-order chi connectivity index (χ1) is 8.79. The molecule has 1 amide bonds. The highest BCUT2D eigenvalue weighted by Crippen LogP contribution is 2.43. The van der Waals surface area contributed by atoms with Crippen LogP contribution in [0.4, 0.5) is 4.79 Å². The van der Waals surface area contributed by atoms with Crippen LogP contribution in [0.1, 0.15) is 38.8 Å². The Hall–Kier alpha value is -1.22. The number of rotatable bonds is 1. The zero-order chi connectivity index (χ0) is 14.2. The molecule has 1 aliphatic rings. The van der Waals surface area contributed by atoms with Crippen LogP contribution in [-0.2, 0) is 0 Å². The Balaban J connectivity index is 2.27. The quantitative estimate of drug-likeness (QED) is 0.827. The highest BCUT2D eigenvalue weighted by atomic mass is 35.5. The lowest BCUT2D eigenvalue weighted by Crippen LogP contribution is -2.31. The highest BCUT2D eigenvalue weighted by molar-refractivity contribution is 6.30. The zero-order valence-electron chi connectivity index (χ0n) is 11.6. The third-order valence-electron chi connectivity index (χ3n) is 4.03. The van der Waals surface area contributed by atoms with Crippen LogP contribution in [0.15, 0.2) is 24.3 Å². The molecule has 104 valence electrons. The molecule has 2 unspecified atom stereocenters. The van der Waals surface area contributed by atoms with E-state index in [1.54, 1.807) is 4.90 Å². The van der Waals surface area contributed by atoms with Crippen LogP contribution in [0.5, 0.6) is 0 Å². The molecule has 2 rings (SSSR count). The van der Waals surface area contributed by atoms with Gasteiger partial charge in [0, 0.05) is 11.6 Å². The molecule has 19 heavy (non-hydrogen) atoms. The van der Waals surface area contributed by atoms with Crippen LogP contribution in [0.25, 0.3) is 0 Å². The van der Waals surface area contributed by atoms with Crippen LogP contribution < -0.4 is 0 Å². The lowest BCUT2D eigenvalue weighted by atomic mass is 9.79. The van der Waals surface area contributed by atoms with Crippen molar-refractivity contribution >= 4 is 17.7 Å². The maximum absolute atomic E-state index is 11.4. The van der Waals surface area contributed by atoms with E-state index in [1.165, 1.54) is 0 Å². The number of amides is 1. The fraction of sp³-hybridized carbons (Fsp3) is 0.533. The fourth-order valence-corrected chi connectivity index (χ4v) is 2.80. The van der Waals surface area contributed by atoms with E-state index in [4.69, 9.17) is 11.6 Å². The van der Waals surface area contributed by atoms with Gasteiger partial charge in [0.15, 0.2) is 0 Å². The number of hydrogen-bond donors (Lipinski definition) is 1. The van der Waals surface area contributed by atoms with Gasteiger partial charge >= 0.3 is 6.09 Å². The average Bonchev–Trinajstić information content (AvgIpc) is 2.74. The van der Waals surface area contributed by atoms with Crippen LogP contribution in [0, 0.1) is 11.3 Å². The summed E-state index contributed by atoms with van der Waals surface area (Å²) in [6, 6.07) is 7.43. The Morgan fingerprint density at radius 2 is 1.89 bits per heavy atom. The summed E-state index contributed by atoms with van der Waals surface area (Å²) in [7, 11) is 0. The molecule has 0 aromatic heterocycles. The third kappa shape index (κ3) is 3.03. The Labute approximate surface area is 119 Å². The molecule has 1 fully saturated rings. The minimum Gasteiger partial charge on any atom is -0.465 e. The number of likely N-dealkylation sites (tertiary alicyclic amines) is 1. The Morgan fingerprint density at radius 3 is 2.37 bits per heavy atom. The SMILES string of the molecule is CC(C)(C)C1CC(c2ccc(Cl)cc2)N(C(=O)O)C1. The minimum atomic E-state index is -0.841. The van der Waals surface area contributed by atoms with Crippen LogP contribution in [0.3, 0.4) is 0 Å². The van der Waals surface area contributed by atoms with Gasteiger partial charge in [0.1, 0.15) is 0 Å². The zero-order valence-corrected chi connectivity index (χ0v) is 12.3. The molecule has 0 spiro atoms. The predicted octanol–water partition coefficient (Wildman–Crippen LogP) is 4.43. The number of benzene rings is 1. The van der Waals surface area contributed by atoms with Gasteiger partial charge in [-0.15, -0.1) is 0 Å². The fourth-order valence-electron chi connectivity index (χ4n) is 2.68. The van der Waals surface area contributed by atoms with Crippen molar-refractivity contribution in [3.8, 4) is 0 Å².